The van der Waals surface area contributed by atoms with Crippen LogP contribution in [-0.4, -0.2) is 20.8 Å². The fraction of sp³-hybridized carbons (Fsp3) is 0.455. The maximum absolute atomic E-state index is 5.41. The van der Waals surface area contributed by atoms with Crippen LogP contribution in [0.3, 0.4) is 0 Å². The van der Waals surface area contributed by atoms with Gasteiger partial charge in [0.15, 0.2) is 12.2 Å². The number of hydrogen-bond donors (Lipinski definition) is 1. The molecule has 2 aromatic heterocycles. The Labute approximate surface area is 94.5 Å². The van der Waals surface area contributed by atoms with Crippen molar-refractivity contribution in [2.75, 3.05) is 0 Å². The molecule has 0 saturated heterocycles. The molecule has 0 fully saturated rings. The average Bonchev–Trinajstić information content (AvgIpc) is 2.82. The maximum Gasteiger partial charge on any atom is 0.181 e. The van der Waals surface area contributed by atoms with E-state index in [9.17, 15) is 0 Å². The largest absolute Gasteiger partial charge is 0.442 e. The molecule has 2 heterocycles. The van der Waals surface area contributed by atoms with Gasteiger partial charge in [-0.25, -0.2) is 4.98 Å². The summed E-state index contributed by atoms with van der Waals surface area (Å²) in [5.41, 5.74) is 1.86. The Morgan fingerprint density at radius 2 is 2.31 bits per heavy atom. The van der Waals surface area contributed by atoms with E-state index in [0.717, 1.165) is 17.1 Å². The first kappa shape index (κ1) is 10.9. The van der Waals surface area contributed by atoms with Crippen molar-refractivity contribution in [2.24, 2.45) is 7.05 Å². The summed E-state index contributed by atoms with van der Waals surface area (Å²) in [5.74, 6) is 0.785. The molecule has 0 amide bonds. The van der Waals surface area contributed by atoms with Crippen molar-refractivity contribution in [1.29, 1.82) is 0 Å². The van der Waals surface area contributed by atoms with Crippen LogP contribution in [0.15, 0.2) is 23.1 Å². The van der Waals surface area contributed by atoms with Crippen LogP contribution in [0.5, 0.6) is 0 Å². The lowest BCUT2D eigenvalue weighted by molar-refractivity contribution is 0.555. The number of nitrogens with zero attached hydrogens (tertiary/aromatic N) is 3. The molecule has 0 spiro atoms. The van der Waals surface area contributed by atoms with Gasteiger partial charge in [-0.2, -0.15) is 5.10 Å². The molecule has 2 rings (SSSR count). The number of aromatic nitrogens is 3. The van der Waals surface area contributed by atoms with Crippen molar-refractivity contribution < 1.29 is 4.42 Å². The van der Waals surface area contributed by atoms with Gasteiger partial charge in [-0.15, -0.1) is 0 Å². The maximum atomic E-state index is 5.41. The number of nitrogens with one attached hydrogen (secondary N) is 1. The third kappa shape index (κ3) is 2.14. The Balaban J connectivity index is 2.23. The summed E-state index contributed by atoms with van der Waals surface area (Å²) in [5, 5.41) is 7.43. The molecule has 0 atom stereocenters. The minimum absolute atomic E-state index is 0.427. The van der Waals surface area contributed by atoms with Crippen molar-refractivity contribution in [3.05, 3.63) is 24.4 Å². The molecule has 0 aromatic carbocycles. The van der Waals surface area contributed by atoms with Gasteiger partial charge in [0, 0.05) is 25.8 Å². The van der Waals surface area contributed by atoms with Crippen molar-refractivity contribution in [2.45, 2.75) is 26.4 Å². The summed E-state index contributed by atoms with van der Waals surface area (Å²) in [6.45, 7) is 4.91. The molecule has 0 saturated carbocycles. The van der Waals surface area contributed by atoms with Gasteiger partial charge in [-0.1, -0.05) is 13.8 Å². The van der Waals surface area contributed by atoms with Gasteiger partial charge in [0.25, 0.3) is 0 Å². The Morgan fingerprint density at radius 1 is 1.50 bits per heavy atom. The van der Waals surface area contributed by atoms with Crippen molar-refractivity contribution in [3.63, 3.8) is 0 Å². The Hall–Kier alpha value is -1.62. The van der Waals surface area contributed by atoms with Gasteiger partial charge in [0.1, 0.15) is 11.4 Å². The second kappa shape index (κ2) is 4.49. The Bertz CT molecular complexity index is 458. The molecule has 16 heavy (non-hydrogen) atoms. The number of oxazole rings is 1. The van der Waals surface area contributed by atoms with Crippen LogP contribution in [0.25, 0.3) is 11.5 Å². The quantitative estimate of drug-likeness (QED) is 0.849. The van der Waals surface area contributed by atoms with Crippen LogP contribution in [0, 0.1) is 0 Å². The van der Waals surface area contributed by atoms with Crippen LogP contribution < -0.4 is 5.32 Å². The minimum Gasteiger partial charge on any atom is -0.442 e. The molecule has 0 unspecified atom stereocenters. The molecule has 5 heteroatoms. The van der Waals surface area contributed by atoms with E-state index in [1.54, 1.807) is 10.9 Å². The van der Waals surface area contributed by atoms with Crippen LogP contribution in [0.2, 0.25) is 0 Å². The first-order valence-corrected chi connectivity index (χ1v) is 5.32. The van der Waals surface area contributed by atoms with Gasteiger partial charge >= 0.3 is 0 Å². The van der Waals surface area contributed by atoms with Crippen LogP contribution in [0.1, 0.15) is 19.5 Å². The molecule has 0 bridgehead atoms. The summed E-state index contributed by atoms with van der Waals surface area (Å²) < 4.78 is 7.19. The predicted octanol–water partition coefficient (Wildman–Crippen LogP) is 1.57. The first-order chi connectivity index (χ1) is 7.68. The standard InChI is InChI=1S/C11H16N4O/c1-8(2)12-6-9-11(16-7-13-9)10-4-5-14-15(10)3/h4-5,7-8,12H,6H2,1-3H3. The molecule has 1 N–H and O–H groups in total. The van der Waals surface area contributed by atoms with Crippen LogP contribution in [0.4, 0.5) is 0 Å². The van der Waals surface area contributed by atoms with Crippen LogP contribution in [-0.2, 0) is 13.6 Å². The molecule has 2 aromatic rings. The van der Waals surface area contributed by atoms with Gasteiger partial charge < -0.3 is 9.73 Å². The van der Waals surface area contributed by atoms with E-state index in [0.29, 0.717) is 12.6 Å². The van der Waals surface area contributed by atoms with E-state index in [1.165, 1.54) is 6.39 Å². The molecule has 86 valence electrons. The summed E-state index contributed by atoms with van der Waals surface area (Å²) in [6.07, 6.45) is 3.22. The Kier molecular flexibility index (Phi) is 3.05. The highest BCUT2D eigenvalue weighted by Gasteiger charge is 2.13. The number of rotatable bonds is 4. The van der Waals surface area contributed by atoms with Gasteiger partial charge in [-0.05, 0) is 6.07 Å². The minimum atomic E-state index is 0.427. The highest BCUT2D eigenvalue weighted by atomic mass is 16.3. The molecular weight excluding hydrogens is 204 g/mol. The van der Waals surface area contributed by atoms with Crippen molar-refractivity contribution in [3.8, 4) is 11.5 Å². The fourth-order valence-corrected chi connectivity index (χ4v) is 1.50. The molecular formula is C11H16N4O. The third-order valence-electron chi connectivity index (χ3n) is 2.37. The van der Waals surface area contributed by atoms with Gasteiger partial charge in [-0.3, -0.25) is 4.68 Å². The molecule has 0 aliphatic rings. The zero-order valence-electron chi connectivity index (χ0n) is 9.77. The van der Waals surface area contributed by atoms with Crippen LogP contribution >= 0.6 is 0 Å². The van der Waals surface area contributed by atoms with E-state index >= 15 is 0 Å². The Morgan fingerprint density at radius 3 is 2.94 bits per heavy atom. The van der Waals surface area contributed by atoms with E-state index in [1.807, 2.05) is 13.1 Å². The topological polar surface area (TPSA) is 55.9 Å². The smallest absolute Gasteiger partial charge is 0.181 e. The van der Waals surface area contributed by atoms with E-state index in [2.05, 4.69) is 29.2 Å². The number of aryl methyl sites for hydroxylation is 1. The second-order valence-electron chi connectivity index (χ2n) is 4.00. The third-order valence-corrected chi connectivity index (χ3v) is 2.37. The highest BCUT2D eigenvalue weighted by Crippen LogP contribution is 2.21. The monoisotopic (exact) mass is 220 g/mol. The molecule has 0 aliphatic carbocycles. The summed E-state index contributed by atoms with van der Waals surface area (Å²) in [6, 6.07) is 2.34. The van der Waals surface area contributed by atoms with Gasteiger partial charge in [0.05, 0.1) is 0 Å². The SMILES string of the molecule is CC(C)NCc1ncoc1-c1ccnn1C. The summed E-state index contributed by atoms with van der Waals surface area (Å²) in [4.78, 5) is 4.21. The van der Waals surface area contributed by atoms with E-state index < -0.39 is 0 Å². The predicted molar refractivity (Wildman–Crippen MR) is 60.7 cm³/mol. The van der Waals surface area contributed by atoms with Crippen molar-refractivity contribution in [1.82, 2.24) is 20.1 Å². The normalized spacial score (nSPS) is 11.2. The second-order valence-corrected chi connectivity index (χ2v) is 4.00. The lowest BCUT2D eigenvalue weighted by Gasteiger charge is -2.06. The first-order valence-electron chi connectivity index (χ1n) is 5.32. The zero-order chi connectivity index (χ0) is 11.5. The molecule has 0 radical (unpaired) electrons. The number of hydrogen-bond acceptors (Lipinski definition) is 4. The zero-order valence-corrected chi connectivity index (χ0v) is 9.77. The summed E-state index contributed by atoms with van der Waals surface area (Å²) in [7, 11) is 1.89. The molecule has 0 aliphatic heterocycles. The highest BCUT2D eigenvalue weighted by molar-refractivity contribution is 5.54. The average molecular weight is 220 g/mol. The van der Waals surface area contributed by atoms with Crippen molar-refractivity contribution >= 4 is 0 Å². The van der Waals surface area contributed by atoms with E-state index in [4.69, 9.17) is 4.42 Å². The molecule has 5 nitrogen and oxygen atoms in total. The lowest BCUT2D eigenvalue weighted by Crippen LogP contribution is -2.22. The van der Waals surface area contributed by atoms with Gasteiger partial charge in [0.2, 0.25) is 0 Å². The fourth-order valence-electron chi connectivity index (χ4n) is 1.50. The van der Waals surface area contributed by atoms with E-state index in [-0.39, 0.29) is 0 Å². The summed E-state index contributed by atoms with van der Waals surface area (Å²) >= 11 is 0. The lowest BCUT2D eigenvalue weighted by atomic mass is 10.2.